The first kappa shape index (κ1) is 45.2. The number of hydrogen-bond acceptors (Lipinski definition) is 2. The zero-order valence-corrected chi connectivity index (χ0v) is 46.3. The summed E-state index contributed by atoms with van der Waals surface area (Å²) in [6.45, 7) is 16.6. The van der Waals surface area contributed by atoms with Crippen LogP contribution in [0.1, 0.15) is 127 Å². The molecule has 2 spiro atoms. The van der Waals surface area contributed by atoms with E-state index in [-0.39, 0.29) is 28.1 Å². The van der Waals surface area contributed by atoms with Crippen molar-refractivity contribution in [3.63, 3.8) is 0 Å². The fraction of sp³-hybridized carbons (Fsp3) is 0.179. The Kier molecular flexibility index (Phi) is 8.32. The van der Waals surface area contributed by atoms with Gasteiger partial charge < -0.3 is 9.64 Å². The molecule has 1 heterocycles. The number of hydrogen-bond donors (Lipinski definition) is 0. The fourth-order valence-electron chi connectivity index (χ4n) is 17.3. The van der Waals surface area contributed by atoms with E-state index >= 15 is 0 Å². The Morgan fingerprint density at radius 1 is 0.375 bits per heavy atom. The second kappa shape index (κ2) is 14.7. The van der Waals surface area contributed by atoms with E-state index in [0.29, 0.717) is 0 Å². The van der Waals surface area contributed by atoms with Gasteiger partial charge in [-0.25, -0.2) is 0 Å². The Bertz CT molecular complexity index is 4520. The summed E-state index contributed by atoms with van der Waals surface area (Å²) in [6, 6.07) is 75.7. The van der Waals surface area contributed by atoms with E-state index in [0.717, 1.165) is 28.6 Å². The van der Waals surface area contributed by atoms with Crippen molar-refractivity contribution in [1.82, 2.24) is 0 Å². The van der Waals surface area contributed by atoms with E-state index in [4.69, 9.17) is 4.74 Å². The van der Waals surface area contributed by atoms with Crippen molar-refractivity contribution in [2.45, 2.75) is 81.5 Å². The second-order valence-electron chi connectivity index (χ2n) is 26.3. The number of rotatable bonds is 1. The van der Waals surface area contributed by atoms with E-state index in [1.165, 1.54) is 128 Å². The highest BCUT2D eigenvalue weighted by atomic mass is 16.5. The zero-order valence-electron chi connectivity index (χ0n) is 46.3. The minimum Gasteiger partial charge on any atom is -0.453 e. The molecule has 0 amide bonds. The molecule has 382 valence electrons. The molecule has 0 N–H and O–H groups in total. The van der Waals surface area contributed by atoms with Crippen LogP contribution < -0.4 is 9.64 Å². The van der Waals surface area contributed by atoms with Crippen LogP contribution in [-0.4, -0.2) is 0 Å². The number of allylic oxidation sites excluding steroid dienone is 4. The summed E-state index contributed by atoms with van der Waals surface area (Å²) in [5.74, 6) is 2.16. The highest BCUT2D eigenvalue weighted by Crippen LogP contribution is 2.71. The Morgan fingerprint density at radius 2 is 0.787 bits per heavy atom. The van der Waals surface area contributed by atoms with Gasteiger partial charge >= 0.3 is 0 Å². The monoisotopic (exact) mass is 1030 g/mol. The number of benzene rings is 10. The molecule has 7 aliphatic carbocycles. The van der Waals surface area contributed by atoms with Crippen molar-refractivity contribution in [3.05, 3.63) is 291 Å². The molecule has 18 rings (SSSR count). The Morgan fingerprint density at radius 3 is 1.38 bits per heavy atom. The van der Waals surface area contributed by atoms with Gasteiger partial charge in [-0.05, 0) is 194 Å². The molecule has 10 aromatic rings. The largest absolute Gasteiger partial charge is 0.453 e. The lowest BCUT2D eigenvalue weighted by molar-refractivity contribution is 0.454. The van der Waals surface area contributed by atoms with Crippen LogP contribution in [0.15, 0.2) is 218 Å². The summed E-state index contributed by atoms with van der Waals surface area (Å²) in [7, 11) is 0. The van der Waals surface area contributed by atoms with E-state index in [9.17, 15) is 0 Å². The molecule has 10 aromatic carbocycles. The molecule has 0 fully saturated rings. The first-order valence-electron chi connectivity index (χ1n) is 29.0. The summed E-state index contributed by atoms with van der Waals surface area (Å²) in [5.41, 5.74) is 32.7. The molecule has 0 radical (unpaired) electrons. The Labute approximate surface area is 469 Å². The van der Waals surface area contributed by atoms with Gasteiger partial charge in [0, 0.05) is 28.4 Å². The lowest BCUT2D eigenvalue weighted by Crippen LogP contribution is -2.33. The molecule has 2 nitrogen and oxygen atoms in total. The quantitative estimate of drug-likeness (QED) is 0.162. The van der Waals surface area contributed by atoms with Crippen molar-refractivity contribution in [2.24, 2.45) is 5.92 Å². The van der Waals surface area contributed by atoms with Crippen LogP contribution in [0.25, 0.3) is 55.6 Å². The summed E-state index contributed by atoms with van der Waals surface area (Å²) in [4.78, 5) is 2.54. The number of ether oxygens (including phenoxy) is 1. The van der Waals surface area contributed by atoms with Crippen LogP contribution in [0.2, 0.25) is 0 Å². The first-order chi connectivity index (χ1) is 38.8. The van der Waals surface area contributed by atoms with E-state index in [2.05, 4.69) is 272 Å². The SMILES string of the molecule is CC(C)(C)c1ccc(N2c3cc4c(cc3Oc3cc5c(cc32)-c2cc3c(cc2C52c5ccccc5C5C=CC=CC52)-c2ccccc2C3(C)C)C2(c3ccccc3-c3ccccc32)c2cc3c(cc2-4)C(C)(C)c2ccccc2-3)cc1. The van der Waals surface area contributed by atoms with Crippen molar-refractivity contribution in [1.29, 1.82) is 0 Å². The first-order valence-corrected chi connectivity index (χ1v) is 29.0. The van der Waals surface area contributed by atoms with Crippen molar-refractivity contribution in [2.75, 3.05) is 4.90 Å². The van der Waals surface area contributed by atoms with Crippen LogP contribution in [-0.2, 0) is 27.1 Å². The van der Waals surface area contributed by atoms with Gasteiger partial charge in [-0.2, -0.15) is 0 Å². The van der Waals surface area contributed by atoms with Crippen molar-refractivity contribution >= 4 is 17.1 Å². The normalized spacial score (nSPS) is 20.5. The molecule has 80 heavy (non-hydrogen) atoms. The van der Waals surface area contributed by atoms with Crippen LogP contribution >= 0.6 is 0 Å². The third-order valence-corrected chi connectivity index (χ3v) is 20.9. The summed E-state index contributed by atoms with van der Waals surface area (Å²) in [6.07, 6.45) is 9.54. The Hall–Kier alpha value is -8.72. The van der Waals surface area contributed by atoms with Gasteiger partial charge in [0.15, 0.2) is 11.5 Å². The molecule has 0 saturated heterocycles. The van der Waals surface area contributed by atoms with Crippen LogP contribution in [0.3, 0.4) is 0 Å². The average Bonchev–Trinajstić information content (AvgIpc) is 4.39. The molecular weight excluding hydrogens is 967 g/mol. The second-order valence-corrected chi connectivity index (χ2v) is 26.3. The maximum atomic E-state index is 7.81. The highest BCUT2D eigenvalue weighted by Gasteiger charge is 2.59. The van der Waals surface area contributed by atoms with E-state index in [1.54, 1.807) is 0 Å². The lowest BCUT2D eigenvalue weighted by atomic mass is 9.65. The van der Waals surface area contributed by atoms with Crippen molar-refractivity contribution in [3.8, 4) is 67.1 Å². The third-order valence-electron chi connectivity index (χ3n) is 20.9. The number of nitrogens with zero attached hydrogens (tertiary/aromatic N) is 1. The van der Waals surface area contributed by atoms with Gasteiger partial charge in [-0.3, -0.25) is 0 Å². The Balaban J connectivity index is 0.932. The molecule has 3 unspecified atom stereocenters. The lowest BCUT2D eigenvalue weighted by Gasteiger charge is -2.38. The smallest absolute Gasteiger partial charge is 0.151 e. The maximum absolute atomic E-state index is 7.81. The van der Waals surface area contributed by atoms with Gasteiger partial charge in [0.05, 0.1) is 22.2 Å². The van der Waals surface area contributed by atoms with Gasteiger partial charge in [0.2, 0.25) is 0 Å². The highest BCUT2D eigenvalue weighted by molar-refractivity contribution is 6.02. The summed E-state index contributed by atoms with van der Waals surface area (Å²) >= 11 is 0. The standard InChI is InChI=1S/C78H59NO/c1-74(2,3)44-32-34-45(35-33-44)79-70-40-56-54-36-64-52(50-24-8-14-26-58(50)75(64,4)5)38-66(54)77(60-28-16-10-20-46(60)47-21-11-17-29-61(47)77)68(56)42-72(70)80-73-43-69-57(41-71(73)79)55-37-65-53(51-25-9-15-27-59(51)76(65,6)7)39-67(55)78(69)62-30-18-12-22-48(62)49-23-13-19-31-63(49)78/h8-43,46,60H,1-7H3. The molecule has 3 atom stereocenters. The number of anilines is 3. The number of fused-ring (bicyclic) bond motifs is 28. The zero-order chi connectivity index (χ0) is 53.6. The van der Waals surface area contributed by atoms with Crippen LogP contribution in [0.5, 0.6) is 11.5 Å². The molecule has 0 saturated carbocycles. The molecule has 0 aromatic heterocycles. The van der Waals surface area contributed by atoms with Gasteiger partial charge in [-0.1, -0.05) is 206 Å². The van der Waals surface area contributed by atoms with Gasteiger partial charge in [0.1, 0.15) is 0 Å². The van der Waals surface area contributed by atoms with Gasteiger partial charge in [0.25, 0.3) is 0 Å². The maximum Gasteiger partial charge on any atom is 0.151 e. The summed E-state index contributed by atoms with van der Waals surface area (Å²) in [5, 5.41) is 0. The van der Waals surface area contributed by atoms with E-state index in [1.807, 2.05) is 0 Å². The minimum absolute atomic E-state index is 0.00943. The molecule has 8 aliphatic rings. The average molecular weight is 1030 g/mol. The van der Waals surface area contributed by atoms with Crippen molar-refractivity contribution < 1.29 is 4.74 Å². The third kappa shape index (κ3) is 5.20. The predicted octanol–water partition coefficient (Wildman–Crippen LogP) is 19.7. The summed E-state index contributed by atoms with van der Waals surface area (Å²) < 4.78 is 7.81. The fourth-order valence-corrected chi connectivity index (χ4v) is 17.3. The molecule has 0 bridgehead atoms. The molecular formula is C78H59NO. The predicted molar refractivity (Wildman–Crippen MR) is 328 cm³/mol. The topological polar surface area (TPSA) is 12.5 Å². The van der Waals surface area contributed by atoms with E-state index < -0.39 is 10.8 Å². The molecule has 2 heteroatoms. The van der Waals surface area contributed by atoms with Gasteiger partial charge in [-0.15, -0.1) is 0 Å². The van der Waals surface area contributed by atoms with Crippen LogP contribution in [0, 0.1) is 5.92 Å². The van der Waals surface area contributed by atoms with Crippen LogP contribution in [0.4, 0.5) is 17.1 Å². The minimum atomic E-state index is -0.577. The molecule has 1 aliphatic heterocycles.